The molecule has 1 saturated heterocycles. The lowest BCUT2D eigenvalue weighted by molar-refractivity contribution is -0.128. The predicted molar refractivity (Wildman–Crippen MR) is 146 cm³/mol. The highest BCUT2D eigenvalue weighted by Crippen LogP contribution is 2.33. The van der Waals surface area contributed by atoms with Crippen LogP contribution in [-0.4, -0.2) is 78.4 Å². The molecule has 1 fully saturated rings. The number of hydrogen-bond acceptors (Lipinski definition) is 7. The molecule has 2 aromatic rings. The van der Waals surface area contributed by atoms with E-state index >= 15 is 0 Å². The topological polar surface area (TPSA) is 115 Å². The second-order valence-electron chi connectivity index (χ2n) is 9.38. The first-order valence-corrected chi connectivity index (χ1v) is 13.2. The van der Waals surface area contributed by atoms with Crippen molar-refractivity contribution < 1.29 is 19.0 Å². The van der Waals surface area contributed by atoms with E-state index in [1.807, 2.05) is 6.07 Å². The van der Waals surface area contributed by atoms with Crippen LogP contribution in [0.5, 0.6) is 0 Å². The van der Waals surface area contributed by atoms with Crippen LogP contribution in [0.25, 0.3) is 11.2 Å². The number of likely N-dealkylation sites (tertiary alicyclic amines) is 1. The third-order valence-corrected chi connectivity index (χ3v) is 7.51. The summed E-state index contributed by atoms with van der Waals surface area (Å²) in [6, 6.07) is 2.05. The Labute approximate surface area is 231 Å². The minimum absolute atomic E-state index is 0.0325. The molecule has 206 valence electrons. The number of carbonyl (C=O) groups excluding carboxylic acids is 1. The molecule has 0 saturated carbocycles. The van der Waals surface area contributed by atoms with Crippen LogP contribution in [0.15, 0.2) is 51.3 Å². The van der Waals surface area contributed by atoms with Gasteiger partial charge in [-0.05, 0) is 30.6 Å². The van der Waals surface area contributed by atoms with E-state index < -0.39 is 0 Å². The Morgan fingerprint density at radius 3 is 2.79 bits per heavy atom. The molecular weight excluding hydrogens is 522 g/mol. The van der Waals surface area contributed by atoms with Crippen molar-refractivity contribution in [1.82, 2.24) is 24.8 Å². The molecule has 2 aliphatic heterocycles. The Morgan fingerprint density at radius 1 is 1.31 bits per heavy atom. The van der Waals surface area contributed by atoms with Crippen LogP contribution in [-0.2, 0) is 32.0 Å². The number of nitrogens with zero attached hydrogens (tertiary/aromatic N) is 6. The summed E-state index contributed by atoms with van der Waals surface area (Å²) in [4.78, 5) is 27.4. The molecule has 12 heteroatoms. The molecule has 11 nitrogen and oxygen atoms in total. The zero-order valence-electron chi connectivity index (χ0n) is 22.4. The van der Waals surface area contributed by atoms with Gasteiger partial charge in [-0.25, -0.2) is 4.98 Å². The van der Waals surface area contributed by atoms with Crippen LogP contribution < -0.4 is 16.0 Å². The van der Waals surface area contributed by atoms with Crippen molar-refractivity contribution in [1.29, 1.82) is 0 Å². The van der Waals surface area contributed by atoms with Gasteiger partial charge in [0, 0.05) is 56.4 Å². The van der Waals surface area contributed by atoms with Gasteiger partial charge < -0.3 is 24.4 Å². The van der Waals surface area contributed by atoms with Crippen molar-refractivity contribution in [3.05, 3.63) is 63.4 Å². The quantitative estimate of drug-likeness (QED) is 0.515. The number of piperidine rings is 1. The first kappa shape index (κ1) is 26.9. The van der Waals surface area contributed by atoms with E-state index in [0.29, 0.717) is 72.8 Å². The van der Waals surface area contributed by atoms with Crippen molar-refractivity contribution in [2.75, 3.05) is 41.0 Å². The number of guanidine groups is 1. The normalized spacial score (nSPS) is 20.4. The molecule has 0 atom stereocenters. The van der Waals surface area contributed by atoms with Crippen LogP contribution in [0, 0.1) is 0 Å². The number of rotatable bonds is 7. The second kappa shape index (κ2) is 11.6. The van der Waals surface area contributed by atoms with E-state index in [0.717, 1.165) is 35.0 Å². The fourth-order valence-electron chi connectivity index (χ4n) is 4.98. The number of hydrogen-bond donors (Lipinski definition) is 1. The summed E-state index contributed by atoms with van der Waals surface area (Å²) >= 11 is 6.80. The second-order valence-corrected chi connectivity index (χ2v) is 9.76. The third-order valence-electron chi connectivity index (χ3n) is 7.10. The smallest absolute Gasteiger partial charge is 0.245 e. The molecule has 5 rings (SSSR count). The molecule has 1 amide bonds. The Hall–Kier alpha value is -3.70. The minimum atomic E-state index is -0.0325. The number of pyridine rings is 1. The molecule has 0 radical (unpaired) electrons. The molecular formula is C27H32ClN7O4. The fourth-order valence-corrected chi connectivity index (χ4v) is 5.28. The van der Waals surface area contributed by atoms with Gasteiger partial charge in [0.25, 0.3) is 0 Å². The van der Waals surface area contributed by atoms with Crippen LogP contribution >= 0.6 is 11.6 Å². The summed E-state index contributed by atoms with van der Waals surface area (Å²) in [7, 11) is 4.90. The summed E-state index contributed by atoms with van der Waals surface area (Å²) in [5, 5.41) is 9.38. The van der Waals surface area contributed by atoms with Gasteiger partial charge in [0.05, 0.1) is 32.0 Å². The standard InChI is InChI=1S/C27H32ClN7O4/c1-5-23(36)34-9-6-17(7-10-34)39-11-8-22-31-26-20(19-13-18(37-3)14-21(38-4)24(19)28)12-16-15-30-27(29-2)32-25(16)35(26)33-22/h5,12,14,17H,1,6-11,13,15H2,2-4H3,(H,29,30). The van der Waals surface area contributed by atoms with E-state index in [9.17, 15) is 4.79 Å². The van der Waals surface area contributed by atoms with E-state index in [2.05, 4.69) is 21.9 Å². The summed E-state index contributed by atoms with van der Waals surface area (Å²) < 4.78 is 19.0. The maximum Gasteiger partial charge on any atom is 0.245 e. The highest BCUT2D eigenvalue weighted by molar-refractivity contribution is 6.36. The Balaban J connectivity index is 1.48. The third kappa shape index (κ3) is 5.41. The average Bonchev–Trinajstić information content (AvgIpc) is 3.41. The number of aliphatic imine (C=N–C) groups is 1. The molecule has 0 spiro atoms. The number of halogens is 1. The molecule has 0 unspecified atom stereocenters. The molecule has 0 bridgehead atoms. The van der Waals surface area contributed by atoms with Gasteiger partial charge in [0.2, 0.25) is 11.9 Å². The number of aromatic nitrogens is 3. The molecule has 2 aromatic heterocycles. The lowest BCUT2D eigenvalue weighted by Gasteiger charge is -2.31. The highest BCUT2D eigenvalue weighted by atomic mass is 35.5. The van der Waals surface area contributed by atoms with Gasteiger partial charge in [0.15, 0.2) is 17.0 Å². The lowest BCUT2D eigenvalue weighted by atomic mass is 10.0. The van der Waals surface area contributed by atoms with Gasteiger partial charge in [0.1, 0.15) is 11.5 Å². The van der Waals surface area contributed by atoms with Crippen molar-refractivity contribution in [3.8, 4) is 0 Å². The van der Waals surface area contributed by atoms with E-state index in [1.165, 1.54) is 6.08 Å². The van der Waals surface area contributed by atoms with Crippen molar-refractivity contribution in [2.24, 2.45) is 9.98 Å². The number of amides is 1. The monoisotopic (exact) mass is 553 g/mol. The molecule has 1 aliphatic carbocycles. The van der Waals surface area contributed by atoms with Crippen molar-refractivity contribution in [3.63, 3.8) is 0 Å². The number of ether oxygens (including phenoxy) is 3. The predicted octanol–water partition coefficient (Wildman–Crippen LogP) is 1.36. The number of nitrogens with one attached hydrogen (secondary N) is 1. The van der Waals surface area contributed by atoms with Gasteiger partial charge in [-0.15, -0.1) is 5.10 Å². The van der Waals surface area contributed by atoms with Crippen molar-refractivity contribution in [2.45, 2.75) is 38.3 Å². The molecule has 3 aliphatic rings. The number of allylic oxidation sites excluding steroid dienone is 3. The minimum Gasteiger partial charge on any atom is -0.501 e. The van der Waals surface area contributed by atoms with Gasteiger partial charge in [-0.3, -0.25) is 9.79 Å². The number of methoxy groups -OCH3 is 2. The maximum absolute atomic E-state index is 11.8. The van der Waals surface area contributed by atoms with Crippen LogP contribution in [0.3, 0.4) is 0 Å². The molecule has 39 heavy (non-hydrogen) atoms. The fraction of sp³-hybridized carbons (Fsp3) is 0.444. The maximum atomic E-state index is 11.8. The number of carbonyl (C=O) groups is 1. The van der Waals surface area contributed by atoms with Gasteiger partial charge in [-0.2, -0.15) is 9.51 Å². The van der Waals surface area contributed by atoms with Gasteiger partial charge >= 0.3 is 0 Å². The van der Waals surface area contributed by atoms with E-state index in [1.54, 1.807) is 36.8 Å². The SMILES string of the molecule is C=CC(=O)N1CCC(OCCc2nc3c(=C4CC(OC)=CC(OC)=C4Cl)cc4c(n3n2)=NC(=NC)NC4)CC1. The first-order valence-electron chi connectivity index (χ1n) is 12.9. The average molecular weight is 554 g/mol. The van der Waals surface area contributed by atoms with Gasteiger partial charge in [-0.1, -0.05) is 18.2 Å². The largest absolute Gasteiger partial charge is 0.501 e. The Bertz CT molecular complexity index is 1520. The van der Waals surface area contributed by atoms with Crippen molar-refractivity contribution >= 4 is 34.7 Å². The Morgan fingerprint density at radius 2 is 2.10 bits per heavy atom. The zero-order valence-corrected chi connectivity index (χ0v) is 23.1. The summed E-state index contributed by atoms with van der Waals surface area (Å²) in [5.74, 6) is 2.41. The van der Waals surface area contributed by atoms with E-state index in [-0.39, 0.29) is 12.0 Å². The lowest BCUT2D eigenvalue weighted by Crippen LogP contribution is -2.40. The number of fused-ring (bicyclic) bond motifs is 3. The zero-order chi connectivity index (χ0) is 27.5. The summed E-state index contributed by atoms with van der Waals surface area (Å²) in [6.45, 7) is 5.91. The van der Waals surface area contributed by atoms with E-state index in [4.69, 9.17) is 35.9 Å². The summed E-state index contributed by atoms with van der Waals surface area (Å²) in [6.07, 6.45) is 5.85. The van der Waals surface area contributed by atoms with Crippen LogP contribution in [0.1, 0.15) is 30.7 Å². The molecule has 1 N–H and O–H groups in total. The molecule has 4 heterocycles. The first-order chi connectivity index (χ1) is 18.9. The highest BCUT2D eigenvalue weighted by Gasteiger charge is 2.24. The Kier molecular flexibility index (Phi) is 7.99. The summed E-state index contributed by atoms with van der Waals surface area (Å²) in [5.41, 5.74) is 3.11. The van der Waals surface area contributed by atoms with Crippen LogP contribution in [0.4, 0.5) is 0 Å². The molecule has 0 aromatic carbocycles. The van der Waals surface area contributed by atoms with Crippen LogP contribution in [0.2, 0.25) is 0 Å².